The number of carbonyl (C=O) groups excluding carboxylic acids is 2. The second kappa shape index (κ2) is 6.92. The molecule has 4 heteroatoms. The zero-order valence-corrected chi connectivity index (χ0v) is 12.0. The first-order valence-corrected chi connectivity index (χ1v) is 6.38. The number of benzene rings is 1. The summed E-state index contributed by atoms with van der Waals surface area (Å²) < 4.78 is 5.06. The van der Waals surface area contributed by atoms with Gasteiger partial charge in [0.15, 0.2) is 5.78 Å². The van der Waals surface area contributed by atoms with E-state index in [4.69, 9.17) is 4.74 Å². The fourth-order valence-electron chi connectivity index (χ4n) is 1.81. The third kappa shape index (κ3) is 4.09. The van der Waals surface area contributed by atoms with Crippen LogP contribution in [0.2, 0.25) is 0 Å². The highest BCUT2D eigenvalue weighted by atomic mass is 16.5. The summed E-state index contributed by atoms with van der Waals surface area (Å²) in [7, 11) is 4.99. The Balaban J connectivity index is 2.80. The van der Waals surface area contributed by atoms with E-state index >= 15 is 0 Å². The molecule has 1 aromatic rings. The van der Waals surface area contributed by atoms with Crippen LogP contribution < -0.4 is 4.74 Å². The van der Waals surface area contributed by atoms with E-state index < -0.39 is 0 Å². The fraction of sp³-hybridized carbons (Fsp3) is 0.467. The minimum atomic E-state index is -0.261. The number of rotatable bonds is 6. The van der Waals surface area contributed by atoms with Crippen LogP contribution in [0, 0.1) is 5.92 Å². The van der Waals surface area contributed by atoms with Crippen molar-refractivity contribution in [3.63, 3.8) is 0 Å². The molecule has 0 aliphatic rings. The van der Waals surface area contributed by atoms with E-state index in [2.05, 4.69) is 0 Å². The Kier molecular flexibility index (Phi) is 5.55. The molecule has 0 saturated carbocycles. The molecule has 0 aromatic heterocycles. The molecule has 104 valence electrons. The molecule has 19 heavy (non-hydrogen) atoms. The first kappa shape index (κ1) is 15.2. The van der Waals surface area contributed by atoms with Crippen LogP contribution in [-0.4, -0.2) is 37.8 Å². The summed E-state index contributed by atoms with van der Waals surface area (Å²) in [5, 5.41) is 0. The van der Waals surface area contributed by atoms with E-state index in [0.29, 0.717) is 17.7 Å². The Labute approximate surface area is 114 Å². The number of methoxy groups -OCH3 is 1. The van der Waals surface area contributed by atoms with Gasteiger partial charge in [-0.15, -0.1) is 0 Å². The number of amides is 1. The minimum absolute atomic E-state index is 0.0142. The monoisotopic (exact) mass is 263 g/mol. The Bertz CT molecular complexity index is 437. The van der Waals surface area contributed by atoms with Gasteiger partial charge in [0.2, 0.25) is 5.91 Å². The van der Waals surface area contributed by atoms with Crippen LogP contribution in [0.5, 0.6) is 5.75 Å². The number of ether oxygens (including phenoxy) is 1. The molecule has 1 atom stereocenters. The third-order valence-electron chi connectivity index (χ3n) is 3.16. The van der Waals surface area contributed by atoms with Gasteiger partial charge >= 0.3 is 0 Å². The third-order valence-corrected chi connectivity index (χ3v) is 3.16. The molecule has 1 amide bonds. The van der Waals surface area contributed by atoms with E-state index in [0.717, 1.165) is 0 Å². The summed E-state index contributed by atoms with van der Waals surface area (Å²) in [5.74, 6) is 0.450. The highest BCUT2D eigenvalue weighted by Gasteiger charge is 2.22. The average molecular weight is 263 g/mol. The molecule has 1 rings (SSSR count). The minimum Gasteiger partial charge on any atom is -0.497 e. The lowest BCUT2D eigenvalue weighted by Gasteiger charge is -2.16. The highest BCUT2D eigenvalue weighted by molar-refractivity contribution is 5.99. The van der Waals surface area contributed by atoms with Gasteiger partial charge in [-0.3, -0.25) is 9.59 Å². The first-order chi connectivity index (χ1) is 8.99. The van der Waals surface area contributed by atoms with Gasteiger partial charge in [-0.1, -0.05) is 6.92 Å². The number of Topliss-reactive ketones (excluding diaryl/α,β-unsaturated/α-hetero) is 1. The maximum Gasteiger partial charge on any atom is 0.222 e. The molecule has 0 fully saturated rings. The van der Waals surface area contributed by atoms with Gasteiger partial charge in [0.25, 0.3) is 0 Å². The standard InChI is InChI=1S/C15H21NO3/c1-5-11(10-14(17)16(2)3)15(18)12-6-8-13(19-4)9-7-12/h6-9,11H,5,10H2,1-4H3/t11-/m0/s1. The Morgan fingerprint density at radius 3 is 2.21 bits per heavy atom. The van der Waals surface area contributed by atoms with Crippen molar-refractivity contribution in [3.05, 3.63) is 29.8 Å². The van der Waals surface area contributed by atoms with Gasteiger partial charge < -0.3 is 9.64 Å². The summed E-state index contributed by atoms with van der Waals surface area (Å²) in [4.78, 5) is 25.5. The molecule has 0 aliphatic heterocycles. The largest absolute Gasteiger partial charge is 0.497 e. The number of carbonyl (C=O) groups is 2. The van der Waals surface area contributed by atoms with Crippen molar-refractivity contribution >= 4 is 11.7 Å². The SMILES string of the molecule is CC[C@@H](CC(=O)N(C)C)C(=O)c1ccc(OC)cc1. The molecule has 0 radical (unpaired) electrons. The number of ketones is 1. The van der Waals surface area contributed by atoms with E-state index in [9.17, 15) is 9.59 Å². The van der Waals surface area contributed by atoms with Crippen LogP contribution in [0.25, 0.3) is 0 Å². The van der Waals surface area contributed by atoms with Crippen molar-refractivity contribution in [1.82, 2.24) is 4.90 Å². The van der Waals surface area contributed by atoms with E-state index in [1.807, 2.05) is 6.92 Å². The highest BCUT2D eigenvalue weighted by Crippen LogP contribution is 2.19. The van der Waals surface area contributed by atoms with Gasteiger partial charge in [-0.25, -0.2) is 0 Å². The first-order valence-electron chi connectivity index (χ1n) is 6.38. The normalized spacial score (nSPS) is 11.8. The molecule has 0 spiro atoms. The molecule has 0 heterocycles. The zero-order valence-electron chi connectivity index (χ0n) is 12.0. The molecule has 1 aromatic carbocycles. The van der Waals surface area contributed by atoms with E-state index in [1.165, 1.54) is 4.90 Å². The van der Waals surface area contributed by atoms with Gasteiger partial charge in [0.1, 0.15) is 5.75 Å². The van der Waals surface area contributed by atoms with Gasteiger partial charge in [0, 0.05) is 32.0 Å². The summed E-state index contributed by atoms with van der Waals surface area (Å²) in [5.41, 5.74) is 0.624. The fourth-order valence-corrected chi connectivity index (χ4v) is 1.81. The topological polar surface area (TPSA) is 46.6 Å². The second-order valence-corrected chi connectivity index (χ2v) is 4.69. The van der Waals surface area contributed by atoms with Gasteiger partial charge in [0.05, 0.1) is 7.11 Å². The molecule has 0 N–H and O–H groups in total. The summed E-state index contributed by atoms with van der Waals surface area (Å²) >= 11 is 0. The lowest BCUT2D eigenvalue weighted by Crippen LogP contribution is -2.27. The predicted molar refractivity (Wildman–Crippen MR) is 74.4 cm³/mol. The molecule has 0 bridgehead atoms. The average Bonchev–Trinajstić information content (AvgIpc) is 2.43. The number of hydrogen-bond acceptors (Lipinski definition) is 3. The summed E-state index contributed by atoms with van der Waals surface area (Å²) in [6.07, 6.45) is 0.915. The molecule has 0 saturated heterocycles. The maximum atomic E-state index is 12.3. The Morgan fingerprint density at radius 2 is 1.79 bits per heavy atom. The van der Waals surface area contributed by atoms with Crippen LogP contribution in [0.3, 0.4) is 0 Å². The van der Waals surface area contributed by atoms with Crippen molar-refractivity contribution in [1.29, 1.82) is 0 Å². The maximum absolute atomic E-state index is 12.3. The lowest BCUT2D eigenvalue weighted by molar-refractivity contribution is -0.129. The summed E-state index contributed by atoms with van der Waals surface area (Å²) in [6, 6.07) is 7.00. The van der Waals surface area contributed by atoms with Crippen LogP contribution in [0.1, 0.15) is 30.1 Å². The molecular weight excluding hydrogens is 242 g/mol. The van der Waals surface area contributed by atoms with E-state index in [-0.39, 0.29) is 24.0 Å². The molecule has 0 unspecified atom stereocenters. The summed E-state index contributed by atoms with van der Waals surface area (Å²) in [6.45, 7) is 1.93. The van der Waals surface area contributed by atoms with Gasteiger partial charge in [-0.2, -0.15) is 0 Å². The van der Waals surface area contributed by atoms with Crippen molar-refractivity contribution in [3.8, 4) is 5.75 Å². The van der Waals surface area contributed by atoms with Crippen molar-refractivity contribution in [2.75, 3.05) is 21.2 Å². The molecular formula is C15H21NO3. The number of hydrogen-bond donors (Lipinski definition) is 0. The Hall–Kier alpha value is -1.84. The van der Waals surface area contributed by atoms with E-state index in [1.54, 1.807) is 45.5 Å². The quantitative estimate of drug-likeness (QED) is 0.740. The van der Waals surface area contributed by atoms with Crippen LogP contribution in [0.15, 0.2) is 24.3 Å². The van der Waals surface area contributed by atoms with Gasteiger partial charge in [-0.05, 0) is 30.7 Å². The Morgan fingerprint density at radius 1 is 1.21 bits per heavy atom. The van der Waals surface area contributed by atoms with Crippen molar-refractivity contribution in [2.45, 2.75) is 19.8 Å². The van der Waals surface area contributed by atoms with Crippen LogP contribution >= 0.6 is 0 Å². The zero-order chi connectivity index (χ0) is 14.4. The predicted octanol–water partition coefficient (Wildman–Crippen LogP) is 2.38. The second-order valence-electron chi connectivity index (χ2n) is 4.69. The molecule has 0 aliphatic carbocycles. The van der Waals surface area contributed by atoms with Crippen LogP contribution in [0.4, 0.5) is 0 Å². The smallest absolute Gasteiger partial charge is 0.222 e. The number of nitrogens with zero attached hydrogens (tertiary/aromatic N) is 1. The van der Waals surface area contributed by atoms with Crippen molar-refractivity contribution < 1.29 is 14.3 Å². The van der Waals surface area contributed by atoms with Crippen molar-refractivity contribution in [2.24, 2.45) is 5.92 Å². The molecule has 4 nitrogen and oxygen atoms in total. The lowest BCUT2D eigenvalue weighted by atomic mass is 9.92. The van der Waals surface area contributed by atoms with Crippen LogP contribution in [-0.2, 0) is 4.79 Å².